The lowest BCUT2D eigenvalue weighted by molar-refractivity contribution is -0.143. The van der Waals surface area contributed by atoms with Crippen molar-refractivity contribution >= 4 is 29.3 Å². The van der Waals surface area contributed by atoms with Crippen molar-refractivity contribution < 1.29 is 45.4 Å². The molecule has 0 spiro atoms. The third-order valence-electron chi connectivity index (χ3n) is 5.04. The smallest absolute Gasteiger partial charge is 0.416 e. The Bertz CT molecular complexity index is 1050. The van der Waals surface area contributed by atoms with Crippen molar-refractivity contribution in [2.24, 2.45) is 0 Å². The minimum absolute atomic E-state index is 0.0489. The van der Waals surface area contributed by atoms with E-state index in [-0.39, 0.29) is 22.4 Å². The summed E-state index contributed by atoms with van der Waals surface area (Å²) in [6.45, 7) is 0.480. The first-order valence-electron chi connectivity index (χ1n) is 10.3. The zero-order valence-corrected chi connectivity index (χ0v) is 18.7. The van der Waals surface area contributed by atoms with E-state index in [0.717, 1.165) is 25.3 Å². The van der Waals surface area contributed by atoms with E-state index in [4.69, 9.17) is 21.1 Å². The standard InChI is InChI=1S/C22H19ClF6N2O4/c23-15-4-5-18(34-12-35-20(33)31-6-2-1-3-7-31)17(11-15)19(32)30-16-9-13(21(24,25)26)8-14(10-16)22(27,28)29/h4-5,8-11H,1-3,6-7,12H2,(H,30,32). The normalized spacial score (nSPS) is 14.4. The number of ether oxygens (including phenoxy) is 2. The van der Waals surface area contributed by atoms with Crippen LogP contribution in [0.4, 0.5) is 36.8 Å². The summed E-state index contributed by atoms with van der Waals surface area (Å²) >= 11 is 5.89. The highest BCUT2D eigenvalue weighted by Gasteiger charge is 2.37. The molecule has 0 bridgehead atoms. The molecule has 0 aliphatic carbocycles. The molecule has 0 atom stereocenters. The highest BCUT2D eigenvalue weighted by molar-refractivity contribution is 6.31. The van der Waals surface area contributed by atoms with Crippen LogP contribution in [-0.2, 0) is 17.1 Å². The average Bonchev–Trinajstić information content (AvgIpc) is 2.79. The van der Waals surface area contributed by atoms with Gasteiger partial charge in [0.1, 0.15) is 5.75 Å². The fourth-order valence-corrected chi connectivity index (χ4v) is 3.51. The van der Waals surface area contributed by atoms with Crippen LogP contribution in [0.25, 0.3) is 0 Å². The number of anilines is 1. The molecule has 2 aromatic rings. The molecule has 1 heterocycles. The van der Waals surface area contributed by atoms with E-state index in [1.807, 2.05) is 5.32 Å². The molecule has 0 saturated carbocycles. The molecule has 35 heavy (non-hydrogen) atoms. The third-order valence-corrected chi connectivity index (χ3v) is 5.28. The molecule has 13 heteroatoms. The Morgan fingerprint density at radius 3 is 2.09 bits per heavy atom. The summed E-state index contributed by atoms with van der Waals surface area (Å²) in [4.78, 5) is 26.3. The number of halogens is 7. The van der Waals surface area contributed by atoms with Crippen LogP contribution in [-0.4, -0.2) is 36.8 Å². The van der Waals surface area contributed by atoms with Crippen LogP contribution in [0.1, 0.15) is 40.7 Å². The number of likely N-dealkylation sites (tertiary alicyclic amines) is 1. The van der Waals surface area contributed by atoms with Gasteiger partial charge in [-0.05, 0) is 55.7 Å². The van der Waals surface area contributed by atoms with Gasteiger partial charge in [0.05, 0.1) is 16.7 Å². The van der Waals surface area contributed by atoms with Crippen molar-refractivity contribution in [2.75, 3.05) is 25.2 Å². The maximum absolute atomic E-state index is 13.1. The molecule has 190 valence electrons. The molecule has 6 nitrogen and oxygen atoms in total. The lowest BCUT2D eigenvalue weighted by atomic mass is 10.1. The Morgan fingerprint density at radius 1 is 0.914 bits per heavy atom. The molecule has 2 amide bonds. The molecular formula is C22H19ClF6N2O4. The van der Waals surface area contributed by atoms with Crippen LogP contribution >= 0.6 is 11.6 Å². The van der Waals surface area contributed by atoms with Crippen molar-refractivity contribution in [1.82, 2.24) is 4.90 Å². The van der Waals surface area contributed by atoms with Crippen molar-refractivity contribution in [1.29, 1.82) is 0 Å². The van der Waals surface area contributed by atoms with Crippen molar-refractivity contribution in [3.05, 3.63) is 58.1 Å². The number of nitrogens with zero attached hydrogens (tertiary/aromatic N) is 1. The maximum Gasteiger partial charge on any atom is 0.416 e. The number of nitrogens with one attached hydrogen (secondary N) is 1. The number of rotatable bonds is 5. The highest BCUT2D eigenvalue weighted by atomic mass is 35.5. The van der Waals surface area contributed by atoms with Gasteiger partial charge >= 0.3 is 18.4 Å². The molecule has 2 aromatic carbocycles. The van der Waals surface area contributed by atoms with Gasteiger partial charge in [-0.25, -0.2) is 4.79 Å². The van der Waals surface area contributed by atoms with Crippen LogP contribution in [0.15, 0.2) is 36.4 Å². The van der Waals surface area contributed by atoms with Crippen LogP contribution < -0.4 is 10.1 Å². The number of benzene rings is 2. The van der Waals surface area contributed by atoms with Crippen molar-refractivity contribution in [3.8, 4) is 5.75 Å². The molecular weight excluding hydrogens is 506 g/mol. The molecule has 1 fully saturated rings. The minimum Gasteiger partial charge on any atom is -0.456 e. The summed E-state index contributed by atoms with van der Waals surface area (Å²) in [5, 5.41) is 2.06. The van der Waals surface area contributed by atoms with Crippen LogP contribution in [0.5, 0.6) is 5.75 Å². The SMILES string of the molecule is O=C(Nc1cc(C(F)(F)F)cc(C(F)(F)F)c1)c1cc(Cl)ccc1OCOC(=O)N1CCCCC1. The number of hydrogen-bond donors (Lipinski definition) is 1. The lowest BCUT2D eigenvalue weighted by Gasteiger charge is -2.25. The Balaban J connectivity index is 1.77. The Kier molecular flexibility index (Phi) is 8.04. The van der Waals surface area contributed by atoms with Gasteiger partial charge in [0.25, 0.3) is 5.91 Å². The Labute approximate surface area is 200 Å². The maximum atomic E-state index is 13.1. The number of piperidine rings is 1. The second-order valence-electron chi connectivity index (χ2n) is 7.61. The molecule has 1 aliphatic heterocycles. The Hall–Kier alpha value is -3.15. The summed E-state index contributed by atoms with van der Waals surface area (Å²) < 4.78 is 88.9. The quantitative estimate of drug-likeness (QED) is 0.354. The van der Waals surface area contributed by atoms with Crippen molar-refractivity contribution in [3.63, 3.8) is 0 Å². The zero-order chi connectivity index (χ0) is 25.8. The van der Waals surface area contributed by atoms with E-state index in [0.29, 0.717) is 25.2 Å². The number of alkyl halides is 6. The molecule has 0 aromatic heterocycles. The van der Waals surface area contributed by atoms with E-state index in [1.165, 1.54) is 17.0 Å². The number of carbonyl (C=O) groups excluding carboxylic acids is 2. The summed E-state index contributed by atoms with van der Waals surface area (Å²) in [6.07, 6.45) is -8.10. The fourth-order valence-electron chi connectivity index (χ4n) is 3.34. The van der Waals surface area contributed by atoms with Gasteiger partial charge in [-0.3, -0.25) is 4.79 Å². The lowest BCUT2D eigenvalue weighted by Crippen LogP contribution is -2.36. The fraction of sp³-hybridized carbons (Fsp3) is 0.364. The van der Waals surface area contributed by atoms with E-state index in [9.17, 15) is 35.9 Å². The number of amides is 2. The second-order valence-corrected chi connectivity index (χ2v) is 8.05. The summed E-state index contributed by atoms with van der Waals surface area (Å²) in [7, 11) is 0. The number of carbonyl (C=O) groups is 2. The van der Waals surface area contributed by atoms with Crippen LogP contribution in [0.3, 0.4) is 0 Å². The van der Waals surface area contributed by atoms with Crippen molar-refractivity contribution in [2.45, 2.75) is 31.6 Å². The monoisotopic (exact) mass is 524 g/mol. The van der Waals surface area contributed by atoms with Gasteiger partial charge in [0.2, 0.25) is 6.79 Å². The predicted octanol–water partition coefficient (Wildman–Crippen LogP) is 6.59. The molecule has 1 saturated heterocycles. The minimum atomic E-state index is -5.08. The molecule has 1 N–H and O–H groups in total. The Morgan fingerprint density at radius 2 is 1.51 bits per heavy atom. The van der Waals surface area contributed by atoms with E-state index < -0.39 is 48.0 Å². The van der Waals surface area contributed by atoms with E-state index >= 15 is 0 Å². The van der Waals surface area contributed by atoms with Gasteiger partial charge in [0, 0.05) is 23.8 Å². The molecule has 1 aliphatic rings. The molecule has 0 unspecified atom stereocenters. The summed E-state index contributed by atoms with van der Waals surface area (Å²) in [6, 6.07) is 4.39. The molecule has 3 rings (SSSR count). The second kappa shape index (κ2) is 10.6. The average molecular weight is 525 g/mol. The van der Waals surface area contributed by atoms with Gasteiger partial charge < -0.3 is 19.7 Å². The summed E-state index contributed by atoms with van der Waals surface area (Å²) in [5.74, 6) is -1.24. The van der Waals surface area contributed by atoms with Crippen LogP contribution in [0, 0.1) is 0 Å². The van der Waals surface area contributed by atoms with Gasteiger partial charge in [-0.15, -0.1) is 0 Å². The molecule has 0 radical (unpaired) electrons. The van der Waals surface area contributed by atoms with E-state index in [1.54, 1.807) is 0 Å². The largest absolute Gasteiger partial charge is 0.456 e. The van der Waals surface area contributed by atoms with Crippen LogP contribution in [0.2, 0.25) is 5.02 Å². The number of hydrogen-bond acceptors (Lipinski definition) is 4. The first-order chi connectivity index (χ1) is 16.3. The first kappa shape index (κ1) is 26.5. The van der Waals surface area contributed by atoms with Gasteiger partial charge in [0.15, 0.2) is 0 Å². The summed E-state index contributed by atoms with van der Waals surface area (Å²) in [5.41, 5.74) is -4.21. The zero-order valence-electron chi connectivity index (χ0n) is 17.9. The third kappa shape index (κ3) is 7.17. The van der Waals surface area contributed by atoms with Gasteiger partial charge in [-0.1, -0.05) is 11.6 Å². The van der Waals surface area contributed by atoms with Gasteiger partial charge in [-0.2, -0.15) is 26.3 Å². The topological polar surface area (TPSA) is 67.9 Å². The predicted molar refractivity (Wildman–Crippen MR) is 113 cm³/mol. The highest BCUT2D eigenvalue weighted by Crippen LogP contribution is 2.38. The first-order valence-corrected chi connectivity index (χ1v) is 10.7. The van der Waals surface area contributed by atoms with E-state index in [2.05, 4.69) is 0 Å².